The quantitative estimate of drug-likeness (QED) is 0.859. The van der Waals surface area contributed by atoms with Gasteiger partial charge < -0.3 is 14.4 Å². The molecule has 0 saturated carbocycles. The molecular weight excluding hydrogens is 280 g/mol. The van der Waals surface area contributed by atoms with Crippen LogP contribution in [0.2, 0.25) is 0 Å². The topological polar surface area (TPSA) is 51.7 Å². The average Bonchev–Trinajstić information content (AvgIpc) is 2.91. The lowest BCUT2D eigenvalue weighted by atomic mass is 9.87. The third kappa shape index (κ3) is 3.24. The molecule has 1 spiro atoms. The fourth-order valence-corrected chi connectivity index (χ4v) is 3.34. The Labute approximate surface area is 131 Å². The third-order valence-corrected chi connectivity index (χ3v) is 4.59. The van der Waals surface area contributed by atoms with Gasteiger partial charge in [0.1, 0.15) is 11.9 Å². The molecule has 0 bridgehead atoms. The van der Waals surface area contributed by atoms with Crippen molar-refractivity contribution in [1.82, 2.24) is 9.88 Å². The number of piperidine rings is 1. The highest BCUT2D eigenvalue weighted by molar-refractivity contribution is 5.78. The molecule has 2 aliphatic rings. The maximum Gasteiger partial charge on any atom is 0.225 e. The Bertz CT molecular complexity index is 510. The molecule has 22 heavy (non-hydrogen) atoms. The zero-order valence-corrected chi connectivity index (χ0v) is 13.3. The van der Waals surface area contributed by atoms with Crippen molar-refractivity contribution in [2.45, 2.75) is 44.8 Å². The van der Waals surface area contributed by atoms with Crippen LogP contribution in [0.25, 0.3) is 0 Å². The van der Waals surface area contributed by atoms with E-state index in [1.54, 1.807) is 12.4 Å². The van der Waals surface area contributed by atoms with Gasteiger partial charge in [-0.15, -0.1) is 0 Å². The second kappa shape index (κ2) is 6.24. The van der Waals surface area contributed by atoms with Crippen molar-refractivity contribution in [3.63, 3.8) is 0 Å². The van der Waals surface area contributed by atoms with Gasteiger partial charge in [0.25, 0.3) is 0 Å². The minimum atomic E-state index is -0.110. The molecule has 1 amide bonds. The molecule has 3 rings (SSSR count). The number of aromatic nitrogens is 1. The SMILES string of the molecule is CC(C)C(=O)N1CCC2(CC1)C[C@@H](Oc1cccnc1)CO2. The standard InChI is InChI=1S/C17H24N2O3/c1-13(2)16(20)19-8-5-17(6-9-19)10-15(12-21-17)22-14-4-3-7-18-11-14/h3-4,7,11,13,15H,5-6,8-10,12H2,1-2H3/t15-/m1/s1. The minimum absolute atomic E-state index is 0.0696. The van der Waals surface area contributed by atoms with Crippen molar-refractivity contribution < 1.29 is 14.3 Å². The molecule has 5 heteroatoms. The van der Waals surface area contributed by atoms with Gasteiger partial charge in [-0.3, -0.25) is 9.78 Å². The first kappa shape index (κ1) is 15.3. The first-order valence-electron chi connectivity index (χ1n) is 8.07. The van der Waals surface area contributed by atoms with Crippen molar-refractivity contribution in [3.8, 4) is 5.75 Å². The summed E-state index contributed by atoms with van der Waals surface area (Å²) in [6.45, 7) is 6.10. The summed E-state index contributed by atoms with van der Waals surface area (Å²) < 4.78 is 12.0. The van der Waals surface area contributed by atoms with E-state index in [9.17, 15) is 4.79 Å². The Morgan fingerprint density at radius 2 is 2.23 bits per heavy atom. The van der Waals surface area contributed by atoms with Gasteiger partial charge in [-0.05, 0) is 25.0 Å². The van der Waals surface area contributed by atoms with Crippen LogP contribution >= 0.6 is 0 Å². The molecule has 3 heterocycles. The number of carbonyl (C=O) groups excluding carboxylic acids is 1. The normalized spacial score (nSPS) is 24.0. The summed E-state index contributed by atoms with van der Waals surface area (Å²) in [5, 5.41) is 0. The van der Waals surface area contributed by atoms with E-state index in [0.717, 1.165) is 38.1 Å². The van der Waals surface area contributed by atoms with Crippen molar-refractivity contribution >= 4 is 5.91 Å². The molecule has 2 fully saturated rings. The highest BCUT2D eigenvalue weighted by Gasteiger charge is 2.44. The minimum Gasteiger partial charge on any atom is -0.486 e. The molecule has 0 aliphatic carbocycles. The van der Waals surface area contributed by atoms with E-state index >= 15 is 0 Å². The van der Waals surface area contributed by atoms with Gasteiger partial charge in [-0.2, -0.15) is 0 Å². The Morgan fingerprint density at radius 3 is 2.86 bits per heavy atom. The number of rotatable bonds is 3. The fourth-order valence-electron chi connectivity index (χ4n) is 3.34. The van der Waals surface area contributed by atoms with Crippen LogP contribution < -0.4 is 4.74 Å². The second-order valence-corrected chi connectivity index (χ2v) is 6.61. The van der Waals surface area contributed by atoms with Crippen LogP contribution in [0.3, 0.4) is 0 Å². The van der Waals surface area contributed by atoms with E-state index in [1.165, 1.54) is 0 Å². The van der Waals surface area contributed by atoms with Crippen molar-refractivity contribution in [1.29, 1.82) is 0 Å². The predicted molar refractivity (Wildman–Crippen MR) is 82.6 cm³/mol. The second-order valence-electron chi connectivity index (χ2n) is 6.61. The Hall–Kier alpha value is -1.62. The molecule has 0 unspecified atom stereocenters. The summed E-state index contributed by atoms with van der Waals surface area (Å²) in [5.74, 6) is 1.11. The molecule has 1 aromatic rings. The number of amides is 1. The van der Waals surface area contributed by atoms with Crippen LogP contribution in [-0.2, 0) is 9.53 Å². The van der Waals surface area contributed by atoms with Gasteiger partial charge in [0, 0.05) is 31.6 Å². The summed E-state index contributed by atoms with van der Waals surface area (Å²) in [5.41, 5.74) is -0.110. The van der Waals surface area contributed by atoms with Gasteiger partial charge in [0.15, 0.2) is 0 Å². The Balaban J connectivity index is 1.53. The maximum absolute atomic E-state index is 12.1. The number of nitrogens with zero attached hydrogens (tertiary/aromatic N) is 2. The number of hydrogen-bond donors (Lipinski definition) is 0. The zero-order chi connectivity index (χ0) is 15.6. The lowest BCUT2D eigenvalue weighted by Crippen LogP contribution is -2.47. The van der Waals surface area contributed by atoms with Crippen LogP contribution in [0.15, 0.2) is 24.5 Å². The molecule has 2 saturated heterocycles. The largest absolute Gasteiger partial charge is 0.486 e. The molecule has 5 nitrogen and oxygen atoms in total. The number of ether oxygens (including phenoxy) is 2. The molecule has 0 radical (unpaired) electrons. The predicted octanol–water partition coefficient (Wildman–Crippen LogP) is 2.27. The van der Waals surface area contributed by atoms with Crippen LogP contribution in [0.5, 0.6) is 5.75 Å². The van der Waals surface area contributed by atoms with E-state index in [4.69, 9.17) is 9.47 Å². The van der Waals surface area contributed by atoms with Crippen molar-refractivity contribution in [2.75, 3.05) is 19.7 Å². The van der Waals surface area contributed by atoms with Gasteiger partial charge >= 0.3 is 0 Å². The number of carbonyl (C=O) groups is 1. The van der Waals surface area contributed by atoms with Crippen LogP contribution in [0.1, 0.15) is 33.1 Å². The van der Waals surface area contributed by atoms with E-state index in [2.05, 4.69) is 4.98 Å². The molecule has 1 atom stereocenters. The van der Waals surface area contributed by atoms with E-state index < -0.39 is 0 Å². The summed E-state index contributed by atoms with van der Waals surface area (Å²) in [4.78, 5) is 18.1. The monoisotopic (exact) mass is 304 g/mol. The van der Waals surface area contributed by atoms with Crippen LogP contribution in [0, 0.1) is 5.92 Å². The first-order valence-corrected chi connectivity index (χ1v) is 8.07. The third-order valence-electron chi connectivity index (χ3n) is 4.59. The molecule has 120 valence electrons. The van der Waals surface area contributed by atoms with Gasteiger partial charge in [-0.1, -0.05) is 13.8 Å². The fraction of sp³-hybridized carbons (Fsp3) is 0.647. The lowest BCUT2D eigenvalue weighted by molar-refractivity contribution is -0.139. The van der Waals surface area contributed by atoms with Crippen LogP contribution in [0.4, 0.5) is 0 Å². The van der Waals surface area contributed by atoms with Crippen molar-refractivity contribution in [3.05, 3.63) is 24.5 Å². The lowest BCUT2D eigenvalue weighted by Gasteiger charge is -2.39. The number of pyridine rings is 1. The molecule has 1 aromatic heterocycles. The zero-order valence-electron chi connectivity index (χ0n) is 13.3. The highest BCUT2D eigenvalue weighted by atomic mass is 16.6. The van der Waals surface area contributed by atoms with Crippen LogP contribution in [-0.4, -0.2) is 47.2 Å². The van der Waals surface area contributed by atoms with Gasteiger partial charge in [-0.25, -0.2) is 0 Å². The van der Waals surface area contributed by atoms with E-state index in [-0.39, 0.29) is 23.5 Å². The van der Waals surface area contributed by atoms with Gasteiger partial charge in [0.05, 0.1) is 18.4 Å². The number of likely N-dealkylation sites (tertiary alicyclic amines) is 1. The maximum atomic E-state index is 12.1. The summed E-state index contributed by atoms with van der Waals surface area (Å²) >= 11 is 0. The van der Waals surface area contributed by atoms with Gasteiger partial charge in [0.2, 0.25) is 5.91 Å². The Morgan fingerprint density at radius 1 is 1.45 bits per heavy atom. The van der Waals surface area contributed by atoms with E-state index in [1.807, 2.05) is 30.9 Å². The smallest absolute Gasteiger partial charge is 0.225 e. The first-order chi connectivity index (χ1) is 10.6. The molecule has 0 aromatic carbocycles. The molecular formula is C17H24N2O3. The average molecular weight is 304 g/mol. The van der Waals surface area contributed by atoms with Crippen molar-refractivity contribution in [2.24, 2.45) is 5.92 Å². The molecule has 2 aliphatic heterocycles. The summed E-state index contributed by atoms with van der Waals surface area (Å²) in [7, 11) is 0. The Kier molecular flexibility index (Phi) is 4.34. The highest BCUT2D eigenvalue weighted by Crippen LogP contribution is 2.37. The van der Waals surface area contributed by atoms with E-state index in [0.29, 0.717) is 6.61 Å². The summed E-state index contributed by atoms with van der Waals surface area (Å²) in [6.07, 6.45) is 6.25. The molecule has 0 N–H and O–H groups in total. The number of hydrogen-bond acceptors (Lipinski definition) is 4. The summed E-state index contributed by atoms with van der Waals surface area (Å²) in [6, 6.07) is 3.79.